The smallest absolute Gasteiger partial charge is 0.322 e. The second-order valence-electron chi connectivity index (χ2n) is 4.64. The lowest BCUT2D eigenvalue weighted by Gasteiger charge is -2.23. The molecule has 1 fully saturated rings. The van der Waals surface area contributed by atoms with Crippen LogP contribution in [0.4, 0.5) is 23.2 Å². The molecule has 0 spiro atoms. The number of para-hydroxylation sites is 1. The Hall–Kier alpha value is -1.77. The van der Waals surface area contributed by atoms with E-state index in [4.69, 9.17) is 0 Å². The number of carbonyl (C=O) groups is 2. The summed E-state index contributed by atoms with van der Waals surface area (Å²) in [5.41, 5.74) is -0.0763. The predicted octanol–water partition coefficient (Wildman–Crippen LogP) is 2.62. The number of anilines is 1. The van der Waals surface area contributed by atoms with Gasteiger partial charge in [0, 0.05) is 5.75 Å². The van der Waals surface area contributed by atoms with Crippen LogP contribution in [0.15, 0.2) is 24.3 Å². The second-order valence-corrected chi connectivity index (χ2v) is 5.64. The van der Waals surface area contributed by atoms with Crippen LogP contribution in [0.2, 0.25) is 0 Å². The highest BCUT2D eigenvalue weighted by Crippen LogP contribution is 2.27. The highest BCUT2D eigenvalue weighted by molar-refractivity contribution is 7.99. The first-order chi connectivity index (χ1) is 10.3. The highest BCUT2D eigenvalue weighted by Gasteiger charge is 2.40. The summed E-state index contributed by atoms with van der Waals surface area (Å²) >= 11 is 1.17. The van der Waals surface area contributed by atoms with E-state index in [0.717, 1.165) is 11.0 Å². The summed E-state index contributed by atoms with van der Waals surface area (Å²) in [5, 5.41) is 2.30. The zero-order chi connectivity index (χ0) is 16.3. The molecule has 1 atom stereocenters. The van der Waals surface area contributed by atoms with Crippen molar-refractivity contribution in [3.05, 3.63) is 30.1 Å². The van der Waals surface area contributed by atoms with E-state index in [0.29, 0.717) is 0 Å². The third kappa shape index (κ3) is 4.12. The summed E-state index contributed by atoms with van der Waals surface area (Å²) in [4.78, 5) is 24.6. The first-order valence-electron chi connectivity index (χ1n) is 6.27. The van der Waals surface area contributed by atoms with E-state index in [1.165, 1.54) is 30.0 Å². The SMILES string of the molecule is O=C(Nc1ccccc1F)[C@@H]1CSCN1C(=O)CC(F)(F)F. The van der Waals surface area contributed by atoms with Crippen molar-refractivity contribution in [3.8, 4) is 0 Å². The van der Waals surface area contributed by atoms with Gasteiger partial charge in [-0.25, -0.2) is 4.39 Å². The lowest BCUT2D eigenvalue weighted by molar-refractivity contribution is -0.162. The number of alkyl halides is 3. The molecule has 2 amide bonds. The molecule has 1 aromatic rings. The Bertz CT molecular complexity index is 579. The van der Waals surface area contributed by atoms with E-state index in [2.05, 4.69) is 5.32 Å². The maximum absolute atomic E-state index is 13.5. The molecular formula is C13H12F4N2O2S. The normalized spacial score (nSPS) is 18.4. The molecule has 1 heterocycles. The van der Waals surface area contributed by atoms with E-state index in [1.807, 2.05) is 0 Å². The highest BCUT2D eigenvalue weighted by atomic mass is 32.2. The van der Waals surface area contributed by atoms with Gasteiger partial charge >= 0.3 is 6.18 Å². The van der Waals surface area contributed by atoms with Gasteiger partial charge in [-0.05, 0) is 12.1 Å². The van der Waals surface area contributed by atoms with E-state index < -0.39 is 36.3 Å². The molecule has 1 N–H and O–H groups in total. The van der Waals surface area contributed by atoms with Crippen LogP contribution in [-0.4, -0.2) is 40.6 Å². The van der Waals surface area contributed by atoms with Crippen molar-refractivity contribution in [1.82, 2.24) is 4.90 Å². The van der Waals surface area contributed by atoms with Crippen LogP contribution < -0.4 is 5.32 Å². The molecule has 0 aliphatic carbocycles. The van der Waals surface area contributed by atoms with Crippen LogP contribution in [0.1, 0.15) is 6.42 Å². The van der Waals surface area contributed by atoms with E-state index in [-0.39, 0.29) is 17.3 Å². The van der Waals surface area contributed by atoms with Gasteiger partial charge in [0.05, 0.1) is 11.6 Å². The van der Waals surface area contributed by atoms with Gasteiger partial charge in [0.25, 0.3) is 0 Å². The van der Waals surface area contributed by atoms with Crippen LogP contribution in [0.5, 0.6) is 0 Å². The molecule has 0 bridgehead atoms. The molecule has 0 aromatic heterocycles. The van der Waals surface area contributed by atoms with Gasteiger partial charge in [0.2, 0.25) is 11.8 Å². The van der Waals surface area contributed by atoms with Crippen molar-refractivity contribution in [2.24, 2.45) is 0 Å². The zero-order valence-electron chi connectivity index (χ0n) is 11.2. The van der Waals surface area contributed by atoms with E-state index in [9.17, 15) is 27.2 Å². The molecule has 1 saturated heterocycles. The van der Waals surface area contributed by atoms with Gasteiger partial charge in [-0.2, -0.15) is 13.2 Å². The molecule has 2 rings (SSSR count). The van der Waals surface area contributed by atoms with Gasteiger partial charge < -0.3 is 10.2 Å². The minimum absolute atomic E-state index is 0.00424. The van der Waals surface area contributed by atoms with Crippen molar-refractivity contribution >= 4 is 29.3 Å². The molecule has 120 valence electrons. The molecular weight excluding hydrogens is 324 g/mol. The van der Waals surface area contributed by atoms with Crippen molar-refractivity contribution in [2.45, 2.75) is 18.6 Å². The van der Waals surface area contributed by atoms with Gasteiger partial charge in [-0.1, -0.05) is 12.1 Å². The Kier molecular flexibility index (Phi) is 4.94. The molecule has 1 aliphatic rings. The van der Waals surface area contributed by atoms with E-state index in [1.54, 1.807) is 0 Å². The first-order valence-corrected chi connectivity index (χ1v) is 7.43. The van der Waals surface area contributed by atoms with E-state index >= 15 is 0 Å². The third-order valence-electron chi connectivity index (χ3n) is 2.99. The second kappa shape index (κ2) is 6.55. The molecule has 22 heavy (non-hydrogen) atoms. The number of amides is 2. The number of carbonyl (C=O) groups excluding carboxylic acids is 2. The number of nitrogens with one attached hydrogen (secondary N) is 1. The lowest BCUT2D eigenvalue weighted by Crippen LogP contribution is -2.45. The average Bonchev–Trinajstić information content (AvgIpc) is 2.89. The van der Waals surface area contributed by atoms with Gasteiger partial charge in [-0.3, -0.25) is 9.59 Å². The Balaban J connectivity index is 2.05. The van der Waals surface area contributed by atoms with Gasteiger partial charge in [-0.15, -0.1) is 11.8 Å². The Morgan fingerprint density at radius 2 is 2.00 bits per heavy atom. The standard InChI is InChI=1S/C13H12F4N2O2S/c14-8-3-1-2-4-9(8)18-12(21)10-6-22-7-19(10)11(20)5-13(15,16)17/h1-4,10H,5-7H2,(H,18,21)/t10-/m0/s1. The number of benzene rings is 1. The topological polar surface area (TPSA) is 49.4 Å². The quantitative estimate of drug-likeness (QED) is 0.864. The number of rotatable bonds is 3. The number of hydrogen-bond acceptors (Lipinski definition) is 3. The van der Waals surface area contributed by atoms with Crippen LogP contribution in [0.3, 0.4) is 0 Å². The van der Waals surface area contributed by atoms with Gasteiger partial charge in [0.15, 0.2) is 0 Å². The maximum atomic E-state index is 13.5. The predicted molar refractivity (Wildman–Crippen MR) is 73.7 cm³/mol. The minimum atomic E-state index is -4.63. The molecule has 4 nitrogen and oxygen atoms in total. The summed E-state index contributed by atoms with van der Waals surface area (Å²) in [6.45, 7) is 0. The first kappa shape index (κ1) is 16.6. The number of halogens is 4. The Morgan fingerprint density at radius 1 is 1.32 bits per heavy atom. The molecule has 1 aromatic carbocycles. The summed E-state index contributed by atoms with van der Waals surface area (Å²) < 4.78 is 50.3. The summed E-state index contributed by atoms with van der Waals surface area (Å²) in [6, 6.07) is 4.38. The minimum Gasteiger partial charge on any atom is -0.322 e. The van der Waals surface area contributed by atoms with Crippen molar-refractivity contribution in [1.29, 1.82) is 0 Å². The van der Waals surface area contributed by atoms with Gasteiger partial charge in [0.1, 0.15) is 18.3 Å². The number of nitrogens with zero attached hydrogens (tertiary/aromatic N) is 1. The van der Waals surface area contributed by atoms with Crippen LogP contribution in [-0.2, 0) is 9.59 Å². The molecule has 0 unspecified atom stereocenters. The van der Waals surface area contributed by atoms with Crippen LogP contribution >= 0.6 is 11.8 Å². The molecule has 9 heteroatoms. The molecule has 0 saturated carbocycles. The number of thioether (sulfide) groups is 1. The monoisotopic (exact) mass is 336 g/mol. The van der Waals surface area contributed by atoms with Crippen LogP contribution in [0, 0.1) is 5.82 Å². The van der Waals surface area contributed by atoms with Crippen molar-refractivity contribution in [3.63, 3.8) is 0 Å². The zero-order valence-corrected chi connectivity index (χ0v) is 12.0. The fourth-order valence-electron chi connectivity index (χ4n) is 1.96. The lowest BCUT2D eigenvalue weighted by atomic mass is 10.2. The summed E-state index contributed by atoms with van der Waals surface area (Å²) in [7, 11) is 0. The molecule has 1 aliphatic heterocycles. The molecule has 0 radical (unpaired) electrons. The van der Waals surface area contributed by atoms with Crippen LogP contribution in [0.25, 0.3) is 0 Å². The summed E-state index contributed by atoms with van der Waals surface area (Å²) in [6.07, 6.45) is -6.24. The Labute approximate surface area is 127 Å². The van der Waals surface area contributed by atoms with Crippen molar-refractivity contribution in [2.75, 3.05) is 16.9 Å². The Morgan fingerprint density at radius 3 is 2.64 bits per heavy atom. The maximum Gasteiger partial charge on any atom is 0.397 e. The largest absolute Gasteiger partial charge is 0.397 e. The average molecular weight is 336 g/mol. The number of hydrogen-bond donors (Lipinski definition) is 1. The summed E-state index contributed by atoms with van der Waals surface area (Å²) in [5.74, 6) is -2.35. The third-order valence-corrected chi connectivity index (χ3v) is 4.00. The fraction of sp³-hybridized carbons (Fsp3) is 0.385. The fourth-order valence-corrected chi connectivity index (χ4v) is 3.14. The van der Waals surface area contributed by atoms with Crippen molar-refractivity contribution < 1.29 is 27.2 Å².